The van der Waals surface area contributed by atoms with Gasteiger partial charge in [0, 0.05) is 0 Å². The minimum atomic E-state index is -4.75. The number of aromatic hydroxyl groups is 1. The molecular weight excluding hydrogens is 303 g/mol. The van der Waals surface area contributed by atoms with Gasteiger partial charge in [-0.05, 0) is 12.1 Å². The van der Waals surface area contributed by atoms with Gasteiger partial charge >= 0.3 is 6.18 Å². The largest absolute Gasteiger partial charge is 0.507 e. The average molecular weight is 308 g/mol. The molecule has 3 nitrogen and oxygen atoms in total. The van der Waals surface area contributed by atoms with Crippen LogP contribution in [0, 0.1) is 11.3 Å². The second-order valence-corrected chi connectivity index (χ2v) is 3.64. The molecular formula is C10H5BrF3NO2. The van der Waals surface area contributed by atoms with Crippen molar-refractivity contribution in [1.82, 2.24) is 0 Å². The Bertz CT molecular complexity index is 505. The number of hydrogen-bond acceptors (Lipinski definition) is 3. The van der Waals surface area contributed by atoms with E-state index in [2.05, 4.69) is 15.9 Å². The first-order valence-electron chi connectivity index (χ1n) is 4.24. The zero-order chi connectivity index (χ0) is 13.2. The summed E-state index contributed by atoms with van der Waals surface area (Å²) in [5.41, 5.74) is -2.42. The summed E-state index contributed by atoms with van der Waals surface area (Å²) in [6.45, 7) is 0. The molecule has 0 aromatic heterocycles. The fraction of sp³-hybridized carbons (Fsp3) is 0.200. The van der Waals surface area contributed by atoms with Gasteiger partial charge in [0.05, 0.1) is 28.1 Å². The van der Waals surface area contributed by atoms with E-state index in [1.54, 1.807) is 0 Å². The molecule has 90 valence electrons. The molecule has 0 aliphatic carbocycles. The molecule has 1 rings (SSSR count). The number of carbonyl (C=O) groups excluding carboxylic acids is 1. The average Bonchev–Trinajstić information content (AvgIpc) is 2.25. The first-order chi connectivity index (χ1) is 7.81. The Morgan fingerprint density at radius 3 is 2.47 bits per heavy atom. The number of carbonyl (C=O) groups is 1. The Morgan fingerprint density at radius 1 is 1.47 bits per heavy atom. The van der Waals surface area contributed by atoms with Crippen molar-refractivity contribution in [3.05, 3.63) is 28.8 Å². The maximum absolute atomic E-state index is 12.6. The highest BCUT2D eigenvalue weighted by Crippen LogP contribution is 2.35. The van der Waals surface area contributed by atoms with Crippen LogP contribution in [-0.2, 0) is 6.18 Å². The molecule has 0 bridgehead atoms. The highest BCUT2D eigenvalue weighted by Gasteiger charge is 2.35. The van der Waals surface area contributed by atoms with Crippen molar-refractivity contribution in [1.29, 1.82) is 5.26 Å². The number of hydrogen-bond donors (Lipinski definition) is 1. The molecule has 0 aliphatic rings. The van der Waals surface area contributed by atoms with E-state index in [0.29, 0.717) is 12.1 Å². The van der Waals surface area contributed by atoms with Crippen LogP contribution in [-0.4, -0.2) is 16.2 Å². The van der Waals surface area contributed by atoms with E-state index >= 15 is 0 Å². The quantitative estimate of drug-likeness (QED) is 0.675. The molecule has 0 saturated carbocycles. The number of phenolic OH excluding ortho intramolecular Hbond substituents is 1. The zero-order valence-corrected chi connectivity index (χ0v) is 9.76. The number of ketones is 1. The molecule has 7 heteroatoms. The summed E-state index contributed by atoms with van der Waals surface area (Å²) in [5.74, 6) is -1.34. The molecule has 1 aromatic rings. The molecule has 0 atom stereocenters. The summed E-state index contributed by atoms with van der Waals surface area (Å²) in [4.78, 5) is 11.3. The molecule has 0 spiro atoms. The SMILES string of the molecule is N#Cc1cc(O)c(C(=O)CBr)cc1C(F)(F)F. The van der Waals surface area contributed by atoms with Crippen molar-refractivity contribution in [3.8, 4) is 11.8 Å². The zero-order valence-electron chi connectivity index (χ0n) is 8.18. The van der Waals surface area contributed by atoms with Crippen LogP contribution in [0.2, 0.25) is 0 Å². The highest BCUT2D eigenvalue weighted by atomic mass is 79.9. The van der Waals surface area contributed by atoms with Gasteiger partial charge in [-0.25, -0.2) is 0 Å². The predicted molar refractivity (Wildman–Crippen MR) is 55.9 cm³/mol. The Kier molecular flexibility index (Phi) is 3.78. The van der Waals surface area contributed by atoms with Gasteiger partial charge in [-0.3, -0.25) is 4.79 Å². The van der Waals surface area contributed by atoms with Crippen molar-refractivity contribution in [2.75, 3.05) is 5.33 Å². The lowest BCUT2D eigenvalue weighted by Crippen LogP contribution is -2.11. The lowest BCUT2D eigenvalue weighted by atomic mass is 10.0. The standard InChI is InChI=1S/C10H5BrF3NO2/c11-3-9(17)6-2-7(10(12,13)14)5(4-15)1-8(6)16/h1-2,16H,3H2. The number of Topliss-reactive ketones (excluding diaryl/α,β-unsaturated/α-hetero) is 1. The Balaban J connectivity index is 3.50. The van der Waals surface area contributed by atoms with Gasteiger partial charge in [-0.15, -0.1) is 0 Å². The van der Waals surface area contributed by atoms with E-state index < -0.39 is 34.4 Å². The Morgan fingerprint density at radius 2 is 2.06 bits per heavy atom. The van der Waals surface area contributed by atoms with E-state index in [1.165, 1.54) is 6.07 Å². The van der Waals surface area contributed by atoms with E-state index in [4.69, 9.17) is 5.26 Å². The van der Waals surface area contributed by atoms with Gasteiger partial charge in [0.15, 0.2) is 5.78 Å². The Hall–Kier alpha value is -1.55. The van der Waals surface area contributed by atoms with Crippen LogP contribution < -0.4 is 0 Å². The van der Waals surface area contributed by atoms with Crippen LogP contribution in [0.25, 0.3) is 0 Å². The summed E-state index contributed by atoms with van der Waals surface area (Å²) >= 11 is 2.79. The smallest absolute Gasteiger partial charge is 0.417 e. The van der Waals surface area contributed by atoms with Gasteiger partial charge in [0.25, 0.3) is 0 Å². The summed E-state index contributed by atoms with van der Waals surface area (Å²) in [6.07, 6.45) is -4.75. The van der Waals surface area contributed by atoms with Crippen molar-refractivity contribution < 1.29 is 23.1 Å². The van der Waals surface area contributed by atoms with Crippen molar-refractivity contribution in [3.63, 3.8) is 0 Å². The number of alkyl halides is 4. The molecule has 0 fully saturated rings. The normalized spacial score (nSPS) is 11.0. The van der Waals surface area contributed by atoms with Crippen LogP contribution in [0.1, 0.15) is 21.5 Å². The van der Waals surface area contributed by atoms with Crippen LogP contribution >= 0.6 is 15.9 Å². The van der Waals surface area contributed by atoms with Crippen LogP contribution in [0.4, 0.5) is 13.2 Å². The van der Waals surface area contributed by atoms with Crippen molar-refractivity contribution >= 4 is 21.7 Å². The van der Waals surface area contributed by atoms with Gasteiger partial charge < -0.3 is 5.11 Å². The molecule has 17 heavy (non-hydrogen) atoms. The summed E-state index contributed by atoms with van der Waals surface area (Å²) in [6, 6.07) is 2.45. The molecule has 0 heterocycles. The third-order valence-corrected chi connectivity index (χ3v) is 2.49. The third-order valence-electron chi connectivity index (χ3n) is 1.98. The summed E-state index contributed by atoms with van der Waals surface area (Å²) in [7, 11) is 0. The van der Waals surface area contributed by atoms with E-state index in [-0.39, 0.29) is 5.33 Å². The maximum atomic E-state index is 12.6. The van der Waals surface area contributed by atoms with Crippen molar-refractivity contribution in [2.45, 2.75) is 6.18 Å². The topological polar surface area (TPSA) is 61.1 Å². The summed E-state index contributed by atoms with van der Waals surface area (Å²) < 4.78 is 37.7. The fourth-order valence-electron chi connectivity index (χ4n) is 1.21. The van der Waals surface area contributed by atoms with Gasteiger partial charge in [-0.2, -0.15) is 18.4 Å². The monoisotopic (exact) mass is 307 g/mol. The number of nitriles is 1. The Labute approximate surface area is 103 Å². The minimum Gasteiger partial charge on any atom is -0.507 e. The molecule has 0 radical (unpaired) electrons. The number of rotatable bonds is 2. The molecule has 0 unspecified atom stereocenters. The van der Waals surface area contributed by atoms with E-state index in [0.717, 1.165) is 0 Å². The first kappa shape index (κ1) is 13.5. The lowest BCUT2D eigenvalue weighted by molar-refractivity contribution is -0.137. The van der Waals surface area contributed by atoms with Crippen LogP contribution in [0.5, 0.6) is 5.75 Å². The second-order valence-electron chi connectivity index (χ2n) is 3.08. The molecule has 1 N–H and O–H groups in total. The number of phenols is 1. The lowest BCUT2D eigenvalue weighted by Gasteiger charge is -2.11. The minimum absolute atomic E-state index is 0.218. The first-order valence-corrected chi connectivity index (χ1v) is 5.37. The van der Waals surface area contributed by atoms with Gasteiger partial charge in [0.1, 0.15) is 5.75 Å². The molecule has 1 aromatic carbocycles. The number of nitrogens with zero attached hydrogens (tertiary/aromatic N) is 1. The molecule has 0 saturated heterocycles. The molecule has 0 aliphatic heterocycles. The number of benzene rings is 1. The second kappa shape index (κ2) is 4.75. The summed E-state index contributed by atoms with van der Waals surface area (Å²) in [5, 5.41) is 17.7. The van der Waals surface area contributed by atoms with E-state index in [9.17, 15) is 23.1 Å². The third kappa shape index (κ3) is 2.77. The van der Waals surface area contributed by atoms with Gasteiger partial charge in [-0.1, -0.05) is 15.9 Å². The van der Waals surface area contributed by atoms with E-state index in [1.807, 2.05) is 0 Å². The maximum Gasteiger partial charge on any atom is 0.417 e. The van der Waals surface area contributed by atoms with Gasteiger partial charge in [0.2, 0.25) is 0 Å². The van der Waals surface area contributed by atoms with Crippen LogP contribution in [0.15, 0.2) is 12.1 Å². The number of halogens is 4. The van der Waals surface area contributed by atoms with Crippen LogP contribution in [0.3, 0.4) is 0 Å². The predicted octanol–water partition coefficient (Wildman–Crippen LogP) is 2.86. The molecule has 0 amide bonds. The highest BCUT2D eigenvalue weighted by molar-refractivity contribution is 9.09. The fourth-order valence-corrected chi connectivity index (χ4v) is 1.51. The van der Waals surface area contributed by atoms with Crippen molar-refractivity contribution in [2.24, 2.45) is 0 Å².